The lowest BCUT2D eigenvalue weighted by Crippen LogP contribution is -2.00. The summed E-state index contributed by atoms with van der Waals surface area (Å²) in [6.45, 7) is 0.623. The van der Waals surface area contributed by atoms with Gasteiger partial charge in [-0.15, -0.1) is 5.10 Å². The zero-order chi connectivity index (χ0) is 10.7. The maximum absolute atomic E-state index is 5.99. The highest BCUT2D eigenvalue weighted by Gasteiger charge is 2.00. The normalized spacial score (nSPS) is 10.3. The monoisotopic (exact) mass is 222 g/mol. The number of para-hydroxylation sites is 1. The van der Waals surface area contributed by atoms with E-state index in [1.54, 1.807) is 4.68 Å². The van der Waals surface area contributed by atoms with E-state index in [4.69, 9.17) is 11.6 Å². The summed E-state index contributed by atoms with van der Waals surface area (Å²) >= 11 is 5.99. The second-order valence-electron chi connectivity index (χ2n) is 3.22. The number of halogens is 1. The molecule has 0 aliphatic heterocycles. The van der Waals surface area contributed by atoms with Crippen LogP contribution in [0.2, 0.25) is 5.02 Å². The van der Waals surface area contributed by atoms with Crippen molar-refractivity contribution < 1.29 is 0 Å². The smallest absolute Gasteiger partial charge is 0.102 e. The number of aryl methyl sites for hydroxylation is 1. The fraction of sp³-hybridized carbons (Fsp3) is 0.200. The van der Waals surface area contributed by atoms with Crippen molar-refractivity contribution in [3.63, 3.8) is 0 Å². The summed E-state index contributed by atoms with van der Waals surface area (Å²) in [6.07, 6.45) is 1.86. The third-order valence-corrected chi connectivity index (χ3v) is 2.31. The molecule has 5 heteroatoms. The van der Waals surface area contributed by atoms with Gasteiger partial charge in [0.1, 0.15) is 5.69 Å². The molecule has 0 saturated carbocycles. The van der Waals surface area contributed by atoms with E-state index in [0.717, 1.165) is 11.4 Å². The molecule has 15 heavy (non-hydrogen) atoms. The van der Waals surface area contributed by atoms with Gasteiger partial charge in [-0.3, -0.25) is 4.68 Å². The van der Waals surface area contributed by atoms with E-state index in [0.29, 0.717) is 11.6 Å². The van der Waals surface area contributed by atoms with Crippen molar-refractivity contribution in [3.05, 3.63) is 41.2 Å². The van der Waals surface area contributed by atoms with Crippen LogP contribution in [0.3, 0.4) is 0 Å². The molecule has 0 aliphatic carbocycles. The molecule has 0 saturated heterocycles. The van der Waals surface area contributed by atoms with Gasteiger partial charge in [0.25, 0.3) is 0 Å². The van der Waals surface area contributed by atoms with E-state index in [2.05, 4.69) is 15.6 Å². The molecule has 0 unspecified atom stereocenters. The molecule has 0 bridgehead atoms. The number of aromatic nitrogens is 3. The van der Waals surface area contributed by atoms with Gasteiger partial charge in [0, 0.05) is 13.2 Å². The Balaban J connectivity index is 2.02. The van der Waals surface area contributed by atoms with Crippen molar-refractivity contribution in [2.75, 3.05) is 5.32 Å². The molecule has 4 nitrogen and oxygen atoms in total. The average molecular weight is 223 g/mol. The number of hydrogen-bond acceptors (Lipinski definition) is 3. The summed E-state index contributed by atoms with van der Waals surface area (Å²) in [5.74, 6) is 0. The summed E-state index contributed by atoms with van der Waals surface area (Å²) in [4.78, 5) is 0. The van der Waals surface area contributed by atoms with Gasteiger partial charge in [-0.1, -0.05) is 28.9 Å². The number of rotatable bonds is 3. The largest absolute Gasteiger partial charge is 0.378 e. The molecule has 0 spiro atoms. The molecule has 0 atom stereocenters. The molecule has 0 aliphatic rings. The molecule has 0 amide bonds. The van der Waals surface area contributed by atoms with Gasteiger partial charge in [0.05, 0.1) is 17.3 Å². The van der Waals surface area contributed by atoms with Crippen LogP contribution in [0.5, 0.6) is 0 Å². The summed E-state index contributed by atoms with van der Waals surface area (Å²) in [7, 11) is 1.84. The Kier molecular flexibility index (Phi) is 2.87. The van der Waals surface area contributed by atoms with Gasteiger partial charge in [-0.2, -0.15) is 0 Å². The molecule has 2 rings (SSSR count). The first-order valence-electron chi connectivity index (χ1n) is 4.59. The third-order valence-electron chi connectivity index (χ3n) is 1.98. The molecule has 2 aromatic rings. The highest BCUT2D eigenvalue weighted by Crippen LogP contribution is 2.20. The topological polar surface area (TPSA) is 42.7 Å². The van der Waals surface area contributed by atoms with Gasteiger partial charge in [-0.25, -0.2) is 0 Å². The molecule has 78 valence electrons. The number of benzene rings is 1. The molecule has 1 aromatic heterocycles. The summed E-state index contributed by atoms with van der Waals surface area (Å²) in [6, 6.07) is 7.61. The van der Waals surface area contributed by atoms with Crippen LogP contribution in [-0.2, 0) is 13.6 Å². The van der Waals surface area contributed by atoms with Gasteiger partial charge in [-0.05, 0) is 12.1 Å². The lowest BCUT2D eigenvalue weighted by molar-refractivity contribution is 0.713. The van der Waals surface area contributed by atoms with E-state index >= 15 is 0 Å². The van der Waals surface area contributed by atoms with Crippen LogP contribution in [-0.4, -0.2) is 15.0 Å². The van der Waals surface area contributed by atoms with Crippen LogP contribution in [0.1, 0.15) is 5.69 Å². The van der Waals surface area contributed by atoms with Crippen molar-refractivity contribution >= 4 is 17.3 Å². The molecule has 0 radical (unpaired) electrons. The van der Waals surface area contributed by atoms with Gasteiger partial charge < -0.3 is 5.32 Å². The van der Waals surface area contributed by atoms with Gasteiger partial charge in [0.15, 0.2) is 0 Å². The Labute approximate surface area is 92.9 Å². The summed E-state index contributed by atoms with van der Waals surface area (Å²) < 4.78 is 1.67. The van der Waals surface area contributed by atoms with E-state index in [1.807, 2.05) is 37.5 Å². The molecular weight excluding hydrogens is 212 g/mol. The zero-order valence-electron chi connectivity index (χ0n) is 8.31. The van der Waals surface area contributed by atoms with Crippen molar-refractivity contribution in [3.8, 4) is 0 Å². The van der Waals surface area contributed by atoms with E-state index < -0.39 is 0 Å². The van der Waals surface area contributed by atoms with Crippen LogP contribution in [0.15, 0.2) is 30.5 Å². The SMILES string of the molecule is Cn1cc(CNc2ccccc2Cl)nn1. The van der Waals surface area contributed by atoms with Gasteiger partial charge >= 0.3 is 0 Å². The first kappa shape index (κ1) is 9.98. The second-order valence-corrected chi connectivity index (χ2v) is 3.62. The Hall–Kier alpha value is -1.55. The van der Waals surface area contributed by atoms with Crippen LogP contribution < -0.4 is 5.32 Å². The van der Waals surface area contributed by atoms with Crippen molar-refractivity contribution in [2.45, 2.75) is 6.54 Å². The average Bonchev–Trinajstić information content (AvgIpc) is 2.63. The third kappa shape index (κ3) is 2.47. The lowest BCUT2D eigenvalue weighted by atomic mass is 10.3. The van der Waals surface area contributed by atoms with Gasteiger partial charge in [0.2, 0.25) is 0 Å². The predicted molar refractivity (Wildman–Crippen MR) is 59.8 cm³/mol. The quantitative estimate of drug-likeness (QED) is 0.865. The molecular formula is C10H11ClN4. The Bertz CT molecular complexity index is 452. The molecule has 1 N–H and O–H groups in total. The fourth-order valence-electron chi connectivity index (χ4n) is 1.27. The highest BCUT2D eigenvalue weighted by molar-refractivity contribution is 6.33. The first-order chi connectivity index (χ1) is 7.25. The van der Waals surface area contributed by atoms with Crippen molar-refractivity contribution in [2.24, 2.45) is 7.05 Å². The first-order valence-corrected chi connectivity index (χ1v) is 4.97. The number of hydrogen-bond donors (Lipinski definition) is 1. The summed E-state index contributed by atoms with van der Waals surface area (Å²) in [5, 5.41) is 11.7. The zero-order valence-corrected chi connectivity index (χ0v) is 9.07. The number of nitrogens with zero attached hydrogens (tertiary/aromatic N) is 3. The van der Waals surface area contributed by atoms with Crippen LogP contribution in [0, 0.1) is 0 Å². The second kappa shape index (κ2) is 4.31. The summed E-state index contributed by atoms with van der Waals surface area (Å²) in [5.41, 5.74) is 1.79. The minimum absolute atomic E-state index is 0.623. The predicted octanol–water partition coefficient (Wildman–Crippen LogP) is 2.08. The Morgan fingerprint density at radius 1 is 1.40 bits per heavy atom. The minimum Gasteiger partial charge on any atom is -0.378 e. The Morgan fingerprint density at radius 3 is 2.87 bits per heavy atom. The minimum atomic E-state index is 0.623. The lowest BCUT2D eigenvalue weighted by Gasteiger charge is -2.05. The maximum Gasteiger partial charge on any atom is 0.102 e. The van der Waals surface area contributed by atoms with Crippen LogP contribution >= 0.6 is 11.6 Å². The molecule has 1 heterocycles. The van der Waals surface area contributed by atoms with E-state index in [-0.39, 0.29) is 0 Å². The molecule has 0 fully saturated rings. The van der Waals surface area contributed by atoms with E-state index in [9.17, 15) is 0 Å². The Morgan fingerprint density at radius 2 is 2.20 bits per heavy atom. The van der Waals surface area contributed by atoms with Crippen LogP contribution in [0.25, 0.3) is 0 Å². The van der Waals surface area contributed by atoms with E-state index in [1.165, 1.54) is 0 Å². The highest BCUT2D eigenvalue weighted by atomic mass is 35.5. The van der Waals surface area contributed by atoms with Crippen LogP contribution in [0.4, 0.5) is 5.69 Å². The maximum atomic E-state index is 5.99. The standard InChI is InChI=1S/C10H11ClN4/c1-15-7-8(13-14-15)6-12-10-5-3-2-4-9(10)11/h2-5,7,12H,6H2,1H3. The number of nitrogens with one attached hydrogen (secondary N) is 1. The van der Waals surface area contributed by atoms with Crippen molar-refractivity contribution in [1.29, 1.82) is 0 Å². The van der Waals surface area contributed by atoms with Crippen molar-refractivity contribution in [1.82, 2.24) is 15.0 Å². The molecule has 1 aromatic carbocycles. The fourth-order valence-corrected chi connectivity index (χ4v) is 1.47. The number of anilines is 1.